The number of rotatable bonds is 21. The lowest BCUT2D eigenvalue weighted by Crippen LogP contribution is -2.44. The van der Waals surface area contributed by atoms with Crippen molar-refractivity contribution >= 4 is 39.8 Å². The number of hydrogen-bond donors (Lipinski definition) is 4. The Hall–Kier alpha value is -4.89. The highest BCUT2D eigenvalue weighted by atomic mass is 16.5. The number of hydrogen-bond acceptors (Lipinski definition) is 10. The van der Waals surface area contributed by atoms with Crippen molar-refractivity contribution in [3.63, 3.8) is 0 Å². The van der Waals surface area contributed by atoms with Gasteiger partial charge in [-0.1, -0.05) is 49.7 Å². The van der Waals surface area contributed by atoms with E-state index in [1.54, 1.807) is 11.6 Å². The zero-order valence-electron chi connectivity index (χ0n) is 34.6. The van der Waals surface area contributed by atoms with Crippen LogP contribution in [-0.2, 0) is 39.1 Å². The Morgan fingerprint density at radius 1 is 0.898 bits per heavy atom. The number of aliphatic hydroxyl groups is 1. The molecule has 1 unspecified atom stereocenters. The molecule has 5 aromatic rings. The van der Waals surface area contributed by atoms with E-state index in [0.29, 0.717) is 50.4 Å². The molecule has 1 aliphatic heterocycles. The predicted octanol–water partition coefficient (Wildman–Crippen LogP) is 5.95. The van der Waals surface area contributed by atoms with Crippen LogP contribution in [0.4, 0.5) is 5.95 Å². The summed E-state index contributed by atoms with van der Waals surface area (Å²) in [6, 6.07) is 14.2. The minimum Gasteiger partial charge on any atom is -0.393 e. The molecule has 59 heavy (non-hydrogen) atoms. The first-order valence-corrected chi connectivity index (χ1v) is 21.6. The van der Waals surface area contributed by atoms with Gasteiger partial charge in [-0.15, -0.1) is 0 Å². The number of aryl methyl sites for hydroxylation is 2. The van der Waals surface area contributed by atoms with Gasteiger partial charge < -0.3 is 29.8 Å². The first kappa shape index (κ1) is 42.2. The summed E-state index contributed by atoms with van der Waals surface area (Å²) in [5.41, 5.74) is 6.76. The molecule has 3 aromatic heterocycles. The second-order valence-electron chi connectivity index (χ2n) is 16.0. The van der Waals surface area contributed by atoms with Gasteiger partial charge in [0.15, 0.2) is 0 Å². The molecule has 4 N–H and O–H groups in total. The van der Waals surface area contributed by atoms with E-state index in [-0.39, 0.29) is 24.1 Å². The lowest BCUT2D eigenvalue weighted by molar-refractivity contribution is -0.135. The van der Waals surface area contributed by atoms with Crippen LogP contribution in [0.2, 0.25) is 0 Å². The number of imidazole rings is 1. The zero-order chi connectivity index (χ0) is 41.1. The molecule has 7 rings (SSSR count). The maximum absolute atomic E-state index is 13.2. The molecular formula is C45H60N8O6. The summed E-state index contributed by atoms with van der Waals surface area (Å²) in [4.78, 5) is 47.0. The van der Waals surface area contributed by atoms with Crippen LogP contribution in [0.1, 0.15) is 101 Å². The summed E-state index contributed by atoms with van der Waals surface area (Å²) >= 11 is 0. The molecule has 1 saturated carbocycles. The van der Waals surface area contributed by atoms with Crippen molar-refractivity contribution in [2.24, 2.45) is 7.05 Å². The number of ether oxygens (including phenoxy) is 2. The Kier molecular flexibility index (Phi) is 14.6. The van der Waals surface area contributed by atoms with Crippen LogP contribution in [0.3, 0.4) is 0 Å². The molecule has 14 nitrogen and oxygen atoms in total. The van der Waals surface area contributed by atoms with Crippen LogP contribution in [0.5, 0.6) is 0 Å². The third-order valence-corrected chi connectivity index (χ3v) is 11.7. The quantitative estimate of drug-likeness (QED) is 0.0514. The standard InChI is InChI=1S/C45H60N8O6/c1-3-4-23-47-44-48-29-36-37(30-52(42(36)50-44)34-16-18-35(54)19-17-34)32-14-12-31(13-15-32)28-46-22-7-25-59-27-8-26-58-24-6-10-33-9-5-11-38-41(33)51(2)45(57)53(38)39-20-21-40(55)49-43(39)56/h5,9,11-15,29-30,34-35,39,46,54H,3-4,6-8,10,16-28H2,1-2H3,(H,47,48,50)(H,49,55,56)/t34-,35-,39?. The molecule has 1 aliphatic carbocycles. The smallest absolute Gasteiger partial charge is 0.329 e. The molecular weight excluding hydrogens is 749 g/mol. The predicted molar refractivity (Wildman–Crippen MR) is 229 cm³/mol. The van der Waals surface area contributed by atoms with E-state index in [4.69, 9.17) is 14.5 Å². The number of aromatic nitrogens is 5. The highest BCUT2D eigenvalue weighted by molar-refractivity contribution is 6.00. The van der Waals surface area contributed by atoms with Gasteiger partial charge in [-0.3, -0.25) is 24.0 Å². The Morgan fingerprint density at radius 3 is 2.42 bits per heavy atom. The molecule has 14 heteroatoms. The number of benzene rings is 2. The number of carbonyl (C=O) groups excluding carboxylic acids is 2. The Labute approximate surface area is 345 Å². The molecule has 1 saturated heterocycles. The van der Waals surface area contributed by atoms with E-state index in [9.17, 15) is 19.5 Å². The Bertz CT molecular complexity index is 2240. The van der Waals surface area contributed by atoms with Crippen LogP contribution in [0.25, 0.3) is 33.2 Å². The molecule has 2 amide bonds. The zero-order valence-corrected chi connectivity index (χ0v) is 34.6. The number of aliphatic hydroxyl groups excluding tert-OH is 1. The van der Waals surface area contributed by atoms with Gasteiger partial charge in [0.05, 0.1) is 17.1 Å². The van der Waals surface area contributed by atoms with Crippen molar-refractivity contribution in [2.45, 2.75) is 109 Å². The third-order valence-electron chi connectivity index (χ3n) is 11.7. The van der Waals surface area contributed by atoms with Gasteiger partial charge in [0.25, 0.3) is 0 Å². The minimum absolute atomic E-state index is 0.205. The van der Waals surface area contributed by atoms with Gasteiger partial charge in [0.2, 0.25) is 17.8 Å². The average Bonchev–Trinajstić information content (AvgIpc) is 3.74. The summed E-state index contributed by atoms with van der Waals surface area (Å²) < 4.78 is 17.2. The highest BCUT2D eigenvalue weighted by Crippen LogP contribution is 2.37. The Balaban J connectivity index is 0.791. The normalized spacial score (nSPS) is 18.5. The molecule has 316 valence electrons. The van der Waals surface area contributed by atoms with Crippen LogP contribution in [0, 0.1) is 0 Å². The van der Waals surface area contributed by atoms with Crippen LogP contribution < -0.4 is 21.6 Å². The van der Waals surface area contributed by atoms with Crippen molar-refractivity contribution in [3.8, 4) is 11.1 Å². The summed E-state index contributed by atoms with van der Waals surface area (Å²) in [6.45, 7) is 7.25. The van der Waals surface area contributed by atoms with Crippen LogP contribution in [0.15, 0.2) is 59.7 Å². The van der Waals surface area contributed by atoms with Crippen molar-refractivity contribution in [1.29, 1.82) is 0 Å². The molecule has 0 bridgehead atoms. The van der Waals surface area contributed by atoms with E-state index < -0.39 is 11.9 Å². The summed E-state index contributed by atoms with van der Waals surface area (Å²) in [7, 11) is 1.73. The van der Waals surface area contributed by atoms with Gasteiger partial charge in [-0.05, 0) is 93.5 Å². The van der Waals surface area contributed by atoms with Gasteiger partial charge in [0.1, 0.15) is 11.7 Å². The van der Waals surface area contributed by atoms with Crippen LogP contribution in [-0.4, -0.2) is 86.2 Å². The van der Waals surface area contributed by atoms with E-state index in [1.807, 2.05) is 24.4 Å². The topological polar surface area (TPSA) is 167 Å². The number of amides is 2. The van der Waals surface area contributed by atoms with Crippen molar-refractivity contribution in [3.05, 3.63) is 76.5 Å². The number of imide groups is 1. The van der Waals surface area contributed by atoms with E-state index in [1.165, 1.54) is 10.1 Å². The van der Waals surface area contributed by atoms with Crippen LogP contribution >= 0.6 is 0 Å². The van der Waals surface area contributed by atoms with Gasteiger partial charge in [-0.2, -0.15) is 4.98 Å². The lowest BCUT2D eigenvalue weighted by Gasteiger charge is -2.27. The number of anilines is 1. The summed E-state index contributed by atoms with van der Waals surface area (Å²) in [6.07, 6.45) is 13.5. The molecule has 2 aliphatic rings. The first-order valence-electron chi connectivity index (χ1n) is 21.6. The second kappa shape index (κ2) is 20.4. The molecule has 1 atom stereocenters. The Morgan fingerprint density at radius 2 is 1.66 bits per heavy atom. The molecule has 2 fully saturated rings. The number of unbranched alkanes of at least 4 members (excludes halogenated alkanes) is 1. The summed E-state index contributed by atoms with van der Waals surface area (Å²) in [5, 5.41) is 20.5. The van der Waals surface area contributed by atoms with Crippen molar-refractivity contribution < 1.29 is 24.2 Å². The van der Waals surface area contributed by atoms with E-state index in [0.717, 1.165) is 117 Å². The number of para-hydroxylation sites is 1. The fourth-order valence-corrected chi connectivity index (χ4v) is 8.45. The number of nitrogens with zero attached hydrogens (tertiary/aromatic N) is 5. The van der Waals surface area contributed by atoms with Crippen molar-refractivity contribution in [2.75, 3.05) is 44.8 Å². The molecule has 4 heterocycles. The molecule has 0 radical (unpaired) electrons. The average molecular weight is 809 g/mol. The number of fused-ring (bicyclic) bond motifs is 2. The van der Waals surface area contributed by atoms with Gasteiger partial charge in [-0.25, -0.2) is 9.78 Å². The fourth-order valence-electron chi connectivity index (χ4n) is 8.45. The highest BCUT2D eigenvalue weighted by Gasteiger charge is 2.31. The third kappa shape index (κ3) is 10.3. The maximum Gasteiger partial charge on any atom is 0.329 e. The summed E-state index contributed by atoms with van der Waals surface area (Å²) in [5.74, 6) is -0.0576. The monoisotopic (exact) mass is 808 g/mol. The largest absolute Gasteiger partial charge is 0.393 e. The SMILES string of the molecule is CCCCNc1ncc2c(-c3ccc(CNCCCOCCCOCCCc4cccc5c4n(C)c(=O)n5C4CCC(=O)NC4=O)cc3)cn([C@H]3CC[C@H](O)CC3)c2n1. The van der Waals surface area contributed by atoms with E-state index >= 15 is 0 Å². The first-order chi connectivity index (χ1) is 28.8. The number of carbonyl (C=O) groups is 2. The van der Waals surface area contributed by atoms with E-state index in [2.05, 4.69) is 62.9 Å². The second-order valence-corrected chi connectivity index (χ2v) is 16.0. The number of nitrogens with one attached hydrogen (secondary N) is 3. The lowest BCUT2D eigenvalue weighted by atomic mass is 9.93. The minimum atomic E-state index is -0.690. The maximum atomic E-state index is 13.2. The van der Waals surface area contributed by atoms with Crippen molar-refractivity contribution in [1.82, 2.24) is 34.3 Å². The van der Waals surface area contributed by atoms with Gasteiger partial charge >= 0.3 is 5.69 Å². The van der Waals surface area contributed by atoms with Gasteiger partial charge in [0, 0.05) is 82.4 Å². The fraction of sp³-hybridized carbons (Fsp3) is 0.533. The molecule has 2 aromatic carbocycles. The molecule has 0 spiro atoms. The number of piperidine rings is 1.